The van der Waals surface area contributed by atoms with Crippen molar-refractivity contribution in [1.29, 1.82) is 0 Å². The number of H-pyrrole nitrogens is 1. The Morgan fingerprint density at radius 3 is 2.87 bits per heavy atom. The van der Waals surface area contributed by atoms with Crippen molar-refractivity contribution in [3.05, 3.63) is 28.7 Å². The van der Waals surface area contributed by atoms with Crippen LogP contribution in [0.25, 0.3) is 11.0 Å². The maximum atomic E-state index is 11.6. The van der Waals surface area contributed by atoms with Gasteiger partial charge in [-0.1, -0.05) is 13.8 Å². The lowest BCUT2D eigenvalue weighted by atomic mass is 10.2. The molecule has 15 heavy (non-hydrogen) atoms. The Balaban J connectivity index is 2.65. The van der Waals surface area contributed by atoms with Gasteiger partial charge < -0.3 is 10.1 Å². The highest BCUT2D eigenvalue weighted by atomic mass is 16.3. The third-order valence-electron chi connectivity index (χ3n) is 2.31. The number of rotatable bonds is 2. The highest BCUT2D eigenvalue weighted by molar-refractivity contribution is 5.76. The molecule has 1 aromatic carbocycles. The molecule has 0 fully saturated rings. The number of fused-ring (bicyclic) bond motifs is 1. The Kier molecular flexibility index (Phi) is 2.26. The van der Waals surface area contributed by atoms with Gasteiger partial charge in [-0.05, 0) is 18.1 Å². The summed E-state index contributed by atoms with van der Waals surface area (Å²) in [6.07, 6.45) is 0. The summed E-state index contributed by atoms with van der Waals surface area (Å²) in [6, 6.07) is 4.89. The topological polar surface area (TPSA) is 58.0 Å². The quantitative estimate of drug-likeness (QED) is 0.785. The van der Waals surface area contributed by atoms with Crippen LogP contribution < -0.4 is 5.69 Å². The maximum absolute atomic E-state index is 11.6. The van der Waals surface area contributed by atoms with Gasteiger partial charge in [-0.2, -0.15) is 0 Å². The first kappa shape index (κ1) is 9.83. The molecule has 80 valence electrons. The van der Waals surface area contributed by atoms with Crippen molar-refractivity contribution >= 4 is 11.0 Å². The molecular formula is C11H14N2O2. The van der Waals surface area contributed by atoms with Crippen LogP contribution >= 0.6 is 0 Å². The summed E-state index contributed by atoms with van der Waals surface area (Å²) in [7, 11) is 0. The zero-order valence-electron chi connectivity index (χ0n) is 8.82. The van der Waals surface area contributed by atoms with Crippen molar-refractivity contribution in [3.8, 4) is 5.75 Å². The van der Waals surface area contributed by atoms with Crippen LogP contribution in [0.2, 0.25) is 0 Å². The smallest absolute Gasteiger partial charge is 0.326 e. The monoisotopic (exact) mass is 206 g/mol. The van der Waals surface area contributed by atoms with E-state index in [-0.39, 0.29) is 11.4 Å². The van der Waals surface area contributed by atoms with E-state index < -0.39 is 0 Å². The van der Waals surface area contributed by atoms with E-state index in [0.29, 0.717) is 12.5 Å². The van der Waals surface area contributed by atoms with E-state index >= 15 is 0 Å². The summed E-state index contributed by atoms with van der Waals surface area (Å²) in [5, 5.41) is 9.37. The molecule has 0 unspecified atom stereocenters. The molecule has 0 bridgehead atoms. The summed E-state index contributed by atoms with van der Waals surface area (Å²) in [5.41, 5.74) is 1.40. The van der Waals surface area contributed by atoms with Gasteiger partial charge in [0, 0.05) is 12.6 Å². The van der Waals surface area contributed by atoms with Gasteiger partial charge in [0.05, 0.1) is 11.0 Å². The number of phenolic OH excluding ortho intramolecular Hbond substituents is 1. The Labute approximate surface area is 87.2 Å². The number of hydrogen-bond donors (Lipinski definition) is 2. The van der Waals surface area contributed by atoms with Crippen LogP contribution in [0.4, 0.5) is 0 Å². The molecule has 0 spiro atoms. The molecule has 0 saturated carbocycles. The number of imidazole rings is 1. The van der Waals surface area contributed by atoms with Gasteiger partial charge in [0.25, 0.3) is 0 Å². The van der Waals surface area contributed by atoms with Crippen molar-refractivity contribution in [2.45, 2.75) is 20.4 Å². The lowest BCUT2D eigenvalue weighted by molar-refractivity contribution is 0.475. The molecule has 0 aliphatic rings. The summed E-state index contributed by atoms with van der Waals surface area (Å²) < 4.78 is 1.65. The average Bonchev–Trinajstić information content (AvgIpc) is 2.43. The molecule has 0 aliphatic heterocycles. The number of hydrogen-bond acceptors (Lipinski definition) is 2. The van der Waals surface area contributed by atoms with Crippen molar-refractivity contribution in [2.24, 2.45) is 5.92 Å². The summed E-state index contributed by atoms with van der Waals surface area (Å²) >= 11 is 0. The molecule has 0 radical (unpaired) electrons. The number of aromatic amines is 1. The fraction of sp³-hybridized carbons (Fsp3) is 0.364. The van der Waals surface area contributed by atoms with E-state index in [1.807, 2.05) is 13.8 Å². The lowest BCUT2D eigenvalue weighted by Crippen LogP contribution is -2.19. The number of aromatic hydroxyl groups is 1. The van der Waals surface area contributed by atoms with E-state index in [2.05, 4.69) is 4.98 Å². The average molecular weight is 206 g/mol. The second-order valence-electron chi connectivity index (χ2n) is 4.14. The molecule has 4 heteroatoms. The molecule has 0 amide bonds. The second kappa shape index (κ2) is 3.46. The minimum Gasteiger partial charge on any atom is -0.508 e. The second-order valence-corrected chi connectivity index (χ2v) is 4.14. The zero-order valence-corrected chi connectivity index (χ0v) is 8.82. The normalized spacial score (nSPS) is 11.4. The largest absolute Gasteiger partial charge is 0.508 e. The maximum Gasteiger partial charge on any atom is 0.326 e. The van der Waals surface area contributed by atoms with Gasteiger partial charge in [0.1, 0.15) is 5.75 Å². The molecule has 1 heterocycles. The van der Waals surface area contributed by atoms with E-state index in [0.717, 1.165) is 11.0 Å². The standard InChI is InChI=1S/C11H14N2O2/c1-7(2)6-13-10-5-8(14)3-4-9(10)12-11(13)15/h3-5,7,14H,6H2,1-2H3,(H,12,15). The summed E-state index contributed by atoms with van der Waals surface area (Å²) in [4.78, 5) is 14.4. The van der Waals surface area contributed by atoms with Crippen molar-refractivity contribution in [1.82, 2.24) is 9.55 Å². The highest BCUT2D eigenvalue weighted by Crippen LogP contribution is 2.17. The van der Waals surface area contributed by atoms with Crippen molar-refractivity contribution < 1.29 is 5.11 Å². The molecule has 2 aromatic rings. The third-order valence-corrected chi connectivity index (χ3v) is 2.31. The van der Waals surface area contributed by atoms with Crippen LogP contribution in [0.3, 0.4) is 0 Å². The van der Waals surface area contributed by atoms with E-state index in [1.54, 1.807) is 22.8 Å². The first-order valence-corrected chi connectivity index (χ1v) is 4.99. The van der Waals surface area contributed by atoms with Gasteiger partial charge in [-0.25, -0.2) is 4.79 Å². The first-order valence-electron chi connectivity index (χ1n) is 4.99. The number of benzene rings is 1. The van der Waals surface area contributed by atoms with Gasteiger partial charge >= 0.3 is 5.69 Å². The minimum absolute atomic E-state index is 0.121. The van der Waals surface area contributed by atoms with Gasteiger partial charge in [-0.3, -0.25) is 4.57 Å². The Morgan fingerprint density at radius 2 is 2.20 bits per heavy atom. The van der Waals surface area contributed by atoms with Crippen molar-refractivity contribution in [3.63, 3.8) is 0 Å². The van der Waals surface area contributed by atoms with Crippen LogP contribution in [-0.4, -0.2) is 14.7 Å². The molecule has 2 rings (SSSR count). The highest BCUT2D eigenvalue weighted by Gasteiger charge is 2.08. The van der Waals surface area contributed by atoms with Crippen LogP contribution in [-0.2, 0) is 6.54 Å². The predicted octanol–water partition coefficient (Wildman–Crippen LogP) is 1.69. The van der Waals surface area contributed by atoms with E-state index in [9.17, 15) is 9.90 Å². The predicted molar refractivity (Wildman–Crippen MR) is 59.1 cm³/mol. The molecule has 4 nitrogen and oxygen atoms in total. The summed E-state index contributed by atoms with van der Waals surface area (Å²) in [6.45, 7) is 4.75. The first-order chi connectivity index (χ1) is 7.08. The minimum atomic E-state index is -0.121. The summed E-state index contributed by atoms with van der Waals surface area (Å²) in [5.74, 6) is 0.572. The zero-order chi connectivity index (χ0) is 11.0. The van der Waals surface area contributed by atoms with E-state index in [4.69, 9.17) is 0 Å². The Bertz CT molecular complexity index is 537. The molecule has 0 aliphatic carbocycles. The number of nitrogens with zero attached hydrogens (tertiary/aromatic N) is 1. The number of aromatic nitrogens is 2. The third kappa shape index (κ3) is 1.75. The van der Waals surface area contributed by atoms with Gasteiger partial charge in [-0.15, -0.1) is 0 Å². The number of phenols is 1. The fourth-order valence-corrected chi connectivity index (χ4v) is 1.69. The van der Waals surface area contributed by atoms with Crippen LogP contribution in [0.5, 0.6) is 5.75 Å². The lowest BCUT2D eigenvalue weighted by Gasteiger charge is -2.05. The van der Waals surface area contributed by atoms with Gasteiger partial charge in [0.2, 0.25) is 0 Å². The van der Waals surface area contributed by atoms with Crippen molar-refractivity contribution in [2.75, 3.05) is 0 Å². The fourth-order valence-electron chi connectivity index (χ4n) is 1.69. The molecule has 1 aromatic heterocycles. The SMILES string of the molecule is CC(C)Cn1c(=O)[nH]c2ccc(O)cc21. The number of nitrogens with one attached hydrogen (secondary N) is 1. The molecule has 2 N–H and O–H groups in total. The van der Waals surface area contributed by atoms with Gasteiger partial charge in [0.15, 0.2) is 0 Å². The van der Waals surface area contributed by atoms with E-state index in [1.165, 1.54) is 0 Å². The molecule has 0 atom stereocenters. The Morgan fingerprint density at radius 1 is 1.47 bits per heavy atom. The van der Waals surface area contributed by atoms with Crippen LogP contribution in [0.1, 0.15) is 13.8 Å². The molecule has 0 saturated heterocycles. The Hall–Kier alpha value is -1.71. The van der Waals surface area contributed by atoms with Crippen LogP contribution in [0, 0.1) is 5.92 Å². The van der Waals surface area contributed by atoms with Crippen LogP contribution in [0.15, 0.2) is 23.0 Å². The molecular weight excluding hydrogens is 192 g/mol.